The molecule has 0 aliphatic carbocycles. The van der Waals surface area contributed by atoms with E-state index >= 15 is 0 Å². The molecule has 10 heteroatoms. The Labute approximate surface area is 137 Å². The zero-order valence-corrected chi connectivity index (χ0v) is 13.5. The molecule has 9 nitrogen and oxygen atoms in total. The van der Waals surface area contributed by atoms with E-state index in [2.05, 4.69) is 0 Å². The number of aliphatic hydroxyl groups is 1. The van der Waals surface area contributed by atoms with E-state index in [1.807, 2.05) is 0 Å². The molecule has 24 heavy (non-hydrogen) atoms. The standard InChI is InChI=1S/C14H17NO8S/c1-24(22,23)8-2-3-9(10(6-8)15-21)12(17)7-13(18)11(16)4-5-14(19)20/h2-3,6,11,15-16,21H,4-5,7H2,1H3,(H,19,20). The number of benzene rings is 1. The maximum atomic E-state index is 12.1. The first-order valence-corrected chi connectivity index (χ1v) is 8.65. The molecule has 1 atom stereocenters. The number of Topliss-reactive ketones (excluding diaryl/α,β-unsaturated/α-hetero) is 2. The Morgan fingerprint density at radius 2 is 1.88 bits per heavy atom. The van der Waals surface area contributed by atoms with Gasteiger partial charge in [0.05, 0.1) is 17.0 Å². The van der Waals surface area contributed by atoms with Crippen molar-refractivity contribution < 1.29 is 38.2 Å². The number of anilines is 1. The van der Waals surface area contributed by atoms with Crippen molar-refractivity contribution in [3.8, 4) is 0 Å². The molecule has 132 valence electrons. The minimum absolute atomic E-state index is 0.135. The van der Waals surface area contributed by atoms with Gasteiger partial charge in [0.15, 0.2) is 21.4 Å². The molecule has 0 saturated carbocycles. The molecule has 0 radical (unpaired) electrons. The largest absolute Gasteiger partial charge is 0.481 e. The molecule has 0 fully saturated rings. The normalized spacial score (nSPS) is 12.5. The van der Waals surface area contributed by atoms with Gasteiger partial charge in [-0.3, -0.25) is 25.1 Å². The summed E-state index contributed by atoms with van der Waals surface area (Å²) in [6, 6.07) is 3.32. The van der Waals surface area contributed by atoms with Crippen molar-refractivity contribution in [1.82, 2.24) is 0 Å². The summed E-state index contributed by atoms with van der Waals surface area (Å²) in [6.07, 6.45) is -2.10. The van der Waals surface area contributed by atoms with Gasteiger partial charge in [-0.05, 0) is 24.6 Å². The van der Waals surface area contributed by atoms with Crippen molar-refractivity contribution in [1.29, 1.82) is 0 Å². The molecule has 1 aromatic rings. The van der Waals surface area contributed by atoms with Crippen molar-refractivity contribution in [3.63, 3.8) is 0 Å². The number of hydrogen-bond donors (Lipinski definition) is 4. The second kappa shape index (κ2) is 7.99. The number of aliphatic hydroxyl groups excluding tert-OH is 1. The molecular formula is C14H17NO8S. The maximum Gasteiger partial charge on any atom is 0.303 e. The minimum Gasteiger partial charge on any atom is -0.481 e. The molecule has 1 unspecified atom stereocenters. The highest BCUT2D eigenvalue weighted by atomic mass is 32.2. The number of sulfone groups is 1. The summed E-state index contributed by atoms with van der Waals surface area (Å²) < 4.78 is 22.9. The van der Waals surface area contributed by atoms with E-state index in [1.54, 1.807) is 5.48 Å². The molecule has 0 amide bonds. The van der Waals surface area contributed by atoms with Crippen LogP contribution in [0.1, 0.15) is 29.6 Å². The van der Waals surface area contributed by atoms with Gasteiger partial charge >= 0.3 is 5.97 Å². The molecule has 0 saturated heterocycles. The van der Waals surface area contributed by atoms with Gasteiger partial charge in [-0.1, -0.05) is 0 Å². The lowest BCUT2D eigenvalue weighted by Gasteiger charge is -2.11. The van der Waals surface area contributed by atoms with Crippen LogP contribution in [0.4, 0.5) is 5.69 Å². The number of carboxylic acid groups (broad SMARTS) is 1. The zero-order valence-electron chi connectivity index (χ0n) is 12.7. The smallest absolute Gasteiger partial charge is 0.303 e. The number of hydrogen-bond acceptors (Lipinski definition) is 8. The third-order valence-electron chi connectivity index (χ3n) is 3.18. The van der Waals surface area contributed by atoms with Crippen LogP contribution in [-0.2, 0) is 19.4 Å². The highest BCUT2D eigenvalue weighted by Gasteiger charge is 2.22. The molecule has 4 N–H and O–H groups in total. The summed E-state index contributed by atoms with van der Waals surface area (Å²) >= 11 is 0. The number of aliphatic carboxylic acids is 1. The average Bonchev–Trinajstić information content (AvgIpc) is 2.50. The number of ketones is 2. The van der Waals surface area contributed by atoms with E-state index in [4.69, 9.17) is 10.3 Å². The first-order valence-electron chi connectivity index (χ1n) is 6.76. The zero-order chi connectivity index (χ0) is 18.5. The topological polar surface area (TPSA) is 158 Å². The minimum atomic E-state index is -3.55. The van der Waals surface area contributed by atoms with Crippen LogP contribution in [0.5, 0.6) is 0 Å². The molecule has 0 heterocycles. The average molecular weight is 359 g/mol. The number of carbonyl (C=O) groups is 3. The summed E-state index contributed by atoms with van der Waals surface area (Å²) in [5, 5.41) is 27.1. The Morgan fingerprint density at radius 3 is 2.38 bits per heavy atom. The van der Waals surface area contributed by atoms with Crippen LogP contribution in [0.2, 0.25) is 0 Å². The molecule has 0 aromatic heterocycles. The van der Waals surface area contributed by atoms with Gasteiger partial charge in [-0.15, -0.1) is 0 Å². The lowest BCUT2D eigenvalue weighted by atomic mass is 10.00. The van der Waals surface area contributed by atoms with Crippen LogP contribution < -0.4 is 5.48 Å². The number of rotatable bonds is 9. The number of nitrogens with one attached hydrogen (secondary N) is 1. The first-order chi connectivity index (χ1) is 11.1. The fraction of sp³-hybridized carbons (Fsp3) is 0.357. The van der Waals surface area contributed by atoms with E-state index in [-0.39, 0.29) is 22.6 Å². The molecule has 0 spiro atoms. The summed E-state index contributed by atoms with van der Waals surface area (Å²) in [5.74, 6) is -2.81. The second-order valence-electron chi connectivity index (χ2n) is 5.11. The van der Waals surface area contributed by atoms with E-state index in [9.17, 15) is 27.9 Å². The Morgan fingerprint density at radius 1 is 1.25 bits per heavy atom. The highest BCUT2D eigenvalue weighted by molar-refractivity contribution is 7.90. The van der Waals surface area contributed by atoms with Crippen LogP contribution in [0.25, 0.3) is 0 Å². The quantitative estimate of drug-likeness (QED) is 0.275. The summed E-state index contributed by atoms with van der Waals surface area (Å²) in [4.78, 5) is 34.1. The predicted octanol–water partition coefficient (Wildman–Crippen LogP) is 0.259. The summed E-state index contributed by atoms with van der Waals surface area (Å²) in [6.45, 7) is 0. The van der Waals surface area contributed by atoms with Crippen molar-refractivity contribution >= 4 is 33.1 Å². The maximum absolute atomic E-state index is 12.1. The van der Waals surface area contributed by atoms with Gasteiger partial charge in [0.25, 0.3) is 0 Å². The van der Waals surface area contributed by atoms with Gasteiger partial charge in [-0.25, -0.2) is 8.42 Å². The Kier molecular flexibility index (Phi) is 6.58. The van der Waals surface area contributed by atoms with Crippen LogP contribution in [0.3, 0.4) is 0 Å². The second-order valence-corrected chi connectivity index (χ2v) is 7.12. The lowest BCUT2D eigenvalue weighted by Crippen LogP contribution is -2.24. The fourth-order valence-corrected chi connectivity index (χ4v) is 2.53. The van der Waals surface area contributed by atoms with Crippen LogP contribution in [0.15, 0.2) is 23.1 Å². The van der Waals surface area contributed by atoms with Crippen molar-refractivity contribution in [2.75, 3.05) is 11.7 Å². The van der Waals surface area contributed by atoms with Gasteiger partial charge in [-0.2, -0.15) is 0 Å². The molecule has 1 rings (SSSR count). The van der Waals surface area contributed by atoms with Gasteiger partial charge in [0.2, 0.25) is 0 Å². The predicted molar refractivity (Wildman–Crippen MR) is 81.8 cm³/mol. The molecular weight excluding hydrogens is 342 g/mol. The van der Waals surface area contributed by atoms with Crippen molar-refractivity contribution in [2.45, 2.75) is 30.3 Å². The monoisotopic (exact) mass is 359 g/mol. The van der Waals surface area contributed by atoms with E-state index in [1.165, 1.54) is 0 Å². The molecule has 0 aliphatic heterocycles. The third kappa shape index (κ3) is 5.41. The van der Waals surface area contributed by atoms with Gasteiger partial charge in [0, 0.05) is 18.2 Å². The molecule has 1 aromatic carbocycles. The van der Waals surface area contributed by atoms with Crippen LogP contribution >= 0.6 is 0 Å². The van der Waals surface area contributed by atoms with Gasteiger partial charge in [0.1, 0.15) is 6.10 Å². The number of carboxylic acids is 1. The Bertz CT molecular complexity index is 756. The first kappa shape index (κ1) is 19.7. The van der Waals surface area contributed by atoms with Crippen molar-refractivity contribution in [2.24, 2.45) is 0 Å². The lowest BCUT2D eigenvalue weighted by molar-refractivity contribution is -0.138. The Hall–Kier alpha value is -2.30. The fourth-order valence-electron chi connectivity index (χ4n) is 1.88. The summed E-state index contributed by atoms with van der Waals surface area (Å²) in [5.41, 5.74) is 1.36. The van der Waals surface area contributed by atoms with Crippen LogP contribution in [-0.4, -0.2) is 53.7 Å². The molecule has 0 aliphatic rings. The van der Waals surface area contributed by atoms with Crippen molar-refractivity contribution in [3.05, 3.63) is 23.8 Å². The summed E-state index contributed by atoms with van der Waals surface area (Å²) in [7, 11) is -3.55. The SMILES string of the molecule is CS(=O)(=O)c1ccc(C(=O)CC(=O)C(O)CCC(=O)O)c(NO)c1. The van der Waals surface area contributed by atoms with E-state index in [0.29, 0.717) is 0 Å². The third-order valence-corrected chi connectivity index (χ3v) is 4.29. The molecule has 0 bridgehead atoms. The Balaban J connectivity index is 2.91. The van der Waals surface area contributed by atoms with Crippen LogP contribution in [0, 0.1) is 0 Å². The number of carbonyl (C=O) groups excluding carboxylic acids is 2. The van der Waals surface area contributed by atoms with E-state index in [0.717, 1.165) is 24.5 Å². The van der Waals surface area contributed by atoms with Gasteiger partial charge < -0.3 is 10.2 Å². The van der Waals surface area contributed by atoms with E-state index < -0.39 is 46.3 Å². The highest BCUT2D eigenvalue weighted by Crippen LogP contribution is 2.22.